The van der Waals surface area contributed by atoms with Crippen LogP contribution in [0, 0.1) is 5.92 Å². The van der Waals surface area contributed by atoms with Gasteiger partial charge in [0.1, 0.15) is 11.6 Å². The van der Waals surface area contributed by atoms with Crippen molar-refractivity contribution in [3.8, 4) is 5.75 Å². The van der Waals surface area contributed by atoms with Gasteiger partial charge in [-0.25, -0.2) is 14.6 Å². The molecule has 1 aromatic carbocycles. The largest absolute Gasteiger partial charge is 0.497 e. The maximum Gasteiger partial charge on any atom is 0.227 e. The van der Waals surface area contributed by atoms with E-state index in [0.717, 1.165) is 29.1 Å². The second-order valence-corrected chi connectivity index (χ2v) is 9.89. The number of aromatic nitrogens is 4. The summed E-state index contributed by atoms with van der Waals surface area (Å²) in [6, 6.07) is 7.30. The molecule has 0 radical (unpaired) electrons. The zero-order chi connectivity index (χ0) is 26.9. The fraction of sp³-hybridized carbons (Fsp3) is 0.500. The summed E-state index contributed by atoms with van der Waals surface area (Å²) >= 11 is 1.60. The summed E-state index contributed by atoms with van der Waals surface area (Å²) < 4.78 is 12.5. The van der Waals surface area contributed by atoms with E-state index in [2.05, 4.69) is 27.6 Å². The second-order valence-electron chi connectivity index (χ2n) is 8.83. The topological polar surface area (TPSA) is 123 Å². The standard InChI is InChI=1S/C26H35N7O4S/c1-4-13-38-26-30-23(27-10-12-37-5-2)21-16-29-33(24(21)31-26)11-9-28-25(35)18-14-22(34)32(17-18)19-7-6-8-20(15-19)36-3/h6-8,15-16,18H,4-5,9-14,17H2,1-3H3,(H,28,35)(H,27,30,31). The number of methoxy groups -OCH3 is 1. The molecule has 1 aliphatic heterocycles. The van der Waals surface area contributed by atoms with Gasteiger partial charge < -0.3 is 25.0 Å². The third-order valence-electron chi connectivity index (χ3n) is 6.14. The van der Waals surface area contributed by atoms with E-state index in [1.54, 1.807) is 40.7 Å². The molecule has 3 heterocycles. The van der Waals surface area contributed by atoms with E-state index in [1.165, 1.54) is 0 Å². The number of carbonyl (C=O) groups excluding carboxylic acids is 2. The van der Waals surface area contributed by atoms with Gasteiger partial charge in [-0.1, -0.05) is 24.8 Å². The molecule has 0 saturated carbocycles. The Hall–Kier alpha value is -3.38. The summed E-state index contributed by atoms with van der Waals surface area (Å²) in [7, 11) is 1.58. The number of fused-ring (bicyclic) bond motifs is 1. The van der Waals surface area contributed by atoms with Gasteiger partial charge >= 0.3 is 0 Å². The molecule has 11 nitrogen and oxygen atoms in total. The van der Waals surface area contributed by atoms with Crippen molar-refractivity contribution in [2.75, 3.05) is 55.9 Å². The van der Waals surface area contributed by atoms with E-state index >= 15 is 0 Å². The number of hydrogen-bond donors (Lipinski definition) is 2. The Labute approximate surface area is 226 Å². The molecule has 0 aliphatic carbocycles. The third kappa shape index (κ3) is 6.73. The van der Waals surface area contributed by atoms with Crippen LogP contribution in [0.25, 0.3) is 11.0 Å². The van der Waals surface area contributed by atoms with Crippen molar-refractivity contribution in [1.29, 1.82) is 0 Å². The van der Waals surface area contributed by atoms with E-state index in [-0.39, 0.29) is 18.2 Å². The van der Waals surface area contributed by atoms with Gasteiger partial charge in [0, 0.05) is 50.2 Å². The number of rotatable bonds is 14. The number of thioether (sulfide) groups is 1. The maximum atomic E-state index is 12.9. The van der Waals surface area contributed by atoms with Crippen LogP contribution in [0.15, 0.2) is 35.6 Å². The van der Waals surface area contributed by atoms with Gasteiger partial charge in [-0.3, -0.25) is 9.59 Å². The molecule has 3 aromatic rings. The molecular weight excluding hydrogens is 506 g/mol. The van der Waals surface area contributed by atoms with E-state index < -0.39 is 5.92 Å². The van der Waals surface area contributed by atoms with Crippen LogP contribution >= 0.6 is 11.8 Å². The first kappa shape index (κ1) is 27.6. The summed E-state index contributed by atoms with van der Waals surface area (Å²) in [6.45, 7) is 7.11. The fourth-order valence-corrected chi connectivity index (χ4v) is 4.91. The van der Waals surface area contributed by atoms with Crippen molar-refractivity contribution in [1.82, 2.24) is 25.1 Å². The zero-order valence-corrected chi connectivity index (χ0v) is 22.9. The van der Waals surface area contributed by atoms with Crippen LogP contribution in [0.4, 0.5) is 11.5 Å². The lowest BCUT2D eigenvalue weighted by Crippen LogP contribution is -2.35. The normalized spacial score (nSPS) is 15.3. The predicted molar refractivity (Wildman–Crippen MR) is 148 cm³/mol. The van der Waals surface area contributed by atoms with Gasteiger partial charge in [0.25, 0.3) is 0 Å². The van der Waals surface area contributed by atoms with Crippen molar-refractivity contribution in [3.05, 3.63) is 30.5 Å². The molecule has 2 N–H and O–H groups in total. The number of anilines is 2. The molecule has 2 aromatic heterocycles. The molecule has 0 bridgehead atoms. The summed E-state index contributed by atoms with van der Waals surface area (Å²) in [5.41, 5.74) is 1.45. The molecule has 1 saturated heterocycles. The summed E-state index contributed by atoms with van der Waals surface area (Å²) in [6.07, 6.45) is 2.94. The van der Waals surface area contributed by atoms with Crippen molar-refractivity contribution >= 4 is 46.1 Å². The Kier molecular flexibility index (Phi) is 9.77. The lowest BCUT2D eigenvalue weighted by molar-refractivity contribution is -0.126. The molecule has 38 heavy (non-hydrogen) atoms. The average Bonchev–Trinajstić information content (AvgIpc) is 3.53. The number of carbonyl (C=O) groups is 2. The Balaban J connectivity index is 1.38. The smallest absolute Gasteiger partial charge is 0.227 e. The van der Waals surface area contributed by atoms with E-state index in [4.69, 9.17) is 14.5 Å². The highest BCUT2D eigenvalue weighted by Gasteiger charge is 2.35. The molecule has 1 fully saturated rings. The first-order chi connectivity index (χ1) is 18.5. The minimum Gasteiger partial charge on any atom is -0.497 e. The van der Waals surface area contributed by atoms with Gasteiger partial charge in [-0.05, 0) is 25.5 Å². The van der Waals surface area contributed by atoms with Crippen LogP contribution in [-0.2, 0) is 20.9 Å². The fourth-order valence-electron chi connectivity index (χ4n) is 4.22. The lowest BCUT2D eigenvalue weighted by Gasteiger charge is -2.17. The molecule has 0 spiro atoms. The van der Waals surface area contributed by atoms with Crippen molar-refractivity contribution in [2.24, 2.45) is 5.92 Å². The number of amides is 2. The quantitative estimate of drug-likeness (QED) is 0.180. The monoisotopic (exact) mass is 541 g/mol. The Morgan fingerprint density at radius 3 is 2.89 bits per heavy atom. The highest BCUT2D eigenvalue weighted by atomic mass is 32.2. The lowest BCUT2D eigenvalue weighted by atomic mass is 10.1. The van der Waals surface area contributed by atoms with Crippen LogP contribution in [0.3, 0.4) is 0 Å². The molecule has 2 amide bonds. The predicted octanol–water partition coefficient (Wildman–Crippen LogP) is 2.95. The Morgan fingerprint density at radius 2 is 2.11 bits per heavy atom. The highest BCUT2D eigenvalue weighted by molar-refractivity contribution is 7.99. The van der Waals surface area contributed by atoms with E-state index in [0.29, 0.717) is 55.9 Å². The molecular formula is C26H35N7O4S. The minimum absolute atomic E-state index is 0.0744. The van der Waals surface area contributed by atoms with Crippen LogP contribution in [0.1, 0.15) is 26.7 Å². The molecule has 12 heteroatoms. The molecule has 4 rings (SSSR count). The first-order valence-electron chi connectivity index (χ1n) is 12.9. The average molecular weight is 542 g/mol. The van der Waals surface area contributed by atoms with Gasteiger partial charge in [0.15, 0.2) is 10.8 Å². The van der Waals surface area contributed by atoms with Gasteiger partial charge in [0.2, 0.25) is 11.8 Å². The molecule has 1 atom stereocenters. The van der Waals surface area contributed by atoms with E-state index in [9.17, 15) is 9.59 Å². The van der Waals surface area contributed by atoms with Crippen LogP contribution in [0.2, 0.25) is 0 Å². The SMILES string of the molecule is CCCSc1nc(NCCOCC)c2cnn(CCNC(=O)C3CC(=O)N(c4cccc(OC)c4)C3)c2n1. The number of benzene rings is 1. The van der Waals surface area contributed by atoms with Crippen LogP contribution < -0.4 is 20.3 Å². The number of nitrogens with zero attached hydrogens (tertiary/aromatic N) is 5. The van der Waals surface area contributed by atoms with Crippen molar-refractivity contribution in [2.45, 2.75) is 38.4 Å². The first-order valence-corrected chi connectivity index (χ1v) is 13.9. The van der Waals surface area contributed by atoms with Gasteiger partial charge in [-0.15, -0.1) is 0 Å². The Bertz CT molecular complexity index is 1250. The van der Waals surface area contributed by atoms with Crippen LogP contribution in [-0.4, -0.2) is 77.3 Å². The number of hydrogen-bond acceptors (Lipinski definition) is 9. The molecule has 204 valence electrons. The molecule has 1 unspecified atom stereocenters. The highest BCUT2D eigenvalue weighted by Crippen LogP contribution is 2.28. The second kappa shape index (κ2) is 13.4. The number of ether oxygens (including phenoxy) is 2. The summed E-state index contributed by atoms with van der Waals surface area (Å²) in [4.78, 5) is 36.5. The Morgan fingerprint density at radius 1 is 1.24 bits per heavy atom. The van der Waals surface area contributed by atoms with Gasteiger partial charge in [0.05, 0.1) is 37.8 Å². The maximum absolute atomic E-state index is 12.9. The number of nitrogens with one attached hydrogen (secondary N) is 2. The van der Waals surface area contributed by atoms with Crippen molar-refractivity contribution < 1.29 is 19.1 Å². The summed E-state index contributed by atoms with van der Waals surface area (Å²) in [5, 5.41) is 12.3. The summed E-state index contributed by atoms with van der Waals surface area (Å²) in [5.74, 6) is 1.68. The van der Waals surface area contributed by atoms with Crippen molar-refractivity contribution in [3.63, 3.8) is 0 Å². The third-order valence-corrected chi connectivity index (χ3v) is 7.19. The minimum atomic E-state index is -0.413. The zero-order valence-electron chi connectivity index (χ0n) is 22.1. The van der Waals surface area contributed by atoms with Crippen LogP contribution in [0.5, 0.6) is 5.75 Å². The molecule has 1 aliphatic rings. The van der Waals surface area contributed by atoms with Gasteiger partial charge in [-0.2, -0.15) is 5.10 Å². The van der Waals surface area contributed by atoms with E-state index in [1.807, 2.05) is 25.1 Å².